The van der Waals surface area contributed by atoms with E-state index in [1.807, 2.05) is 36.1 Å². The molecule has 3 nitrogen and oxygen atoms in total. The molecule has 4 heteroatoms. The van der Waals surface area contributed by atoms with E-state index in [4.69, 9.17) is 0 Å². The normalized spacial score (nSPS) is 12.7. The summed E-state index contributed by atoms with van der Waals surface area (Å²) in [5, 5.41) is 7.70. The molecule has 1 N–H and O–H groups in total. The van der Waals surface area contributed by atoms with Gasteiger partial charge in [0.2, 0.25) is 0 Å². The molecular formula is C13H16BrN3. The topological polar surface area (TPSA) is 29.9 Å². The van der Waals surface area contributed by atoms with Crippen molar-refractivity contribution in [1.82, 2.24) is 15.1 Å². The summed E-state index contributed by atoms with van der Waals surface area (Å²) in [7, 11) is 1.96. The molecule has 0 aliphatic rings. The van der Waals surface area contributed by atoms with Gasteiger partial charge in [-0.05, 0) is 49.0 Å². The summed E-state index contributed by atoms with van der Waals surface area (Å²) in [6.45, 7) is 4.23. The van der Waals surface area contributed by atoms with Gasteiger partial charge in [0.15, 0.2) is 0 Å². The third kappa shape index (κ3) is 2.28. The van der Waals surface area contributed by atoms with Crippen LogP contribution in [0.2, 0.25) is 0 Å². The van der Waals surface area contributed by atoms with E-state index in [1.54, 1.807) is 0 Å². The highest BCUT2D eigenvalue weighted by atomic mass is 79.9. The van der Waals surface area contributed by atoms with E-state index in [2.05, 4.69) is 46.3 Å². The molecule has 1 unspecified atom stereocenters. The van der Waals surface area contributed by atoms with E-state index in [0.29, 0.717) is 6.04 Å². The van der Waals surface area contributed by atoms with Crippen molar-refractivity contribution in [3.8, 4) is 5.69 Å². The number of benzene rings is 1. The van der Waals surface area contributed by atoms with Crippen molar-refractivity contribution in [3.05, 3.63) is 46.2 Å². The van der Waals surface area contributed by atoms with Gasteiger partial charge in [-0.15, -0.1) is 0 Å². The molecule has 2 rings (SSSR count). The molecule has 90 valence electrons. The van der Waals surface area contributed by atoms with Crippen molar-refractivity contribution in [2.24, 2.45) is 0 Å². The Bertz CT molecular complexity index is 519. The van der Waals surface area contributed by atoms with E-state index in [9.17, 15) is 0 Å². The molecule has 0 saturated carbocycles. The van der Waals surface area contributed by atoms with E-state index >= 15 is 0 Å². The van der Waals surface area contributed by atoms with Crippen molar-refractivity contribution in [2.45, 2.75) is 19.9 Å². The Morgan fingerprint density at radius 2 is 2.06 bits per heavy atom. The fourth-order valence-corrected chi connectivity index (χ4v) is 2.32. The molecule has 0 aliphatic heterocycles. The van der Waals surface area contributed by atoms with Gasteiger partial charge in [-0.1, -0.05) is 12.1 Å². The van der Waals surface area contributed by atoms with Crippen LogP contribution >= 0.6 is 15.9 Å². The highest BCUT2D eigenvalue weighted by Gasteiger charge is 2.13. The number of halogens is 1. The molecule has 1 heterocycles. The minimum Gasteiger partial charge on any atom is -0.313 e. The van der Waals surface area contributed by atoms with Crippen molar-refractivity contribution in [1.29, 1.82) is 0 Å². The predicted octanol–water partition coefficient (Wildman–Crippen LogP) is 3.22. The summed E-state index contributed by atoms with van der Waals surface area (Å²) in [4.78, 5) is 0. The maximum absolute atomic E-state index is 4.46. The van der Waals surface area contributed by atoms with Crippen LogP contribution in [0.15, 0.2) is 34.9 Å². The van der Waals surface area contributed by atoms with Gasteiger partial charge >= 0.3 is 0 Å². The largest absolute Gasteiger partial charge is 0.313 e. The first-order chi connectivity index (χ1) is 8.15. The summed E-state index contributed by atoms with van der Waals surface area (Å²) < 4.78 is 3.02. The van der Waals surface area contributed by atoms with Crippen molar-refractivity contribution < 1.29 is 0 Å². The van der Waals surface area contributed by atoms with Gasteiger partial charge < -0.3 is 5.32 Å². The third-order valence-corrected chi connectivity index (χ3v) is 3.70. The SMILES string of the molecule is CNC(C)c1cnn(-c2ccccc2Br)c1C. The second-order valence-electron chi connectivity index (χ2n) is 4.06. The highest BCUT2D eigenvalue weighted by molar-refractivity contribution is 9.10. The predicted molar refractivity (Wildman–Crippen MR) is 73.5 cm³/mol. The quantitative estimate of drug-likeness (QED) is 0.942. The number of para-hydroxylation sites is 1. The van der Waals surface area contributed by atoms with Crippen LogP contribution in [0.3, 0.4) is 0 Å². The Morgan fingerprint density at radius 3 is 2.71 bits per heavy atom. The number of aromatic nitrogens is 2. The van der Waals surface area contributed by atoms with Crippen LogP contribution in [0.4, 0.5) is 0 Å². The fraction of sp³-hybridized carbons (Fsp3) is 0.308. The van der Waals surface area contributed by atoms with E-state index < -0.39 is 0 Å². The van der Waals surface area contributed by atoms with Crippen LogP contribution in [-0.4, -0.2) is 16.8 Å². The Labute approximate surface area is 110 Å². The molecule has 0 spiro atoms. The Balaban J connectivity index is 2.48. The lowest BCUT2D eigenvalue weighted by Gasteiger charge is -2.11. The van der Waals surface area contributed by atoms with Crippen LogP contribution in [-0.2, 0) is 0 Å². The summed E-state index contributed by atoms with van der Waals surface area (Å²) >= 11 is 3.55. The molecule has 2 aromatic rings. The number of rotatable bonds is 3. The summed E-state index contributed by atoms with van der Waals surface area (Å²) in [6, 6.07) is 8.41. The van der Waals surface area contributed by atoms with Gasteiger partial charge in [0.05, 0.1) is 11.9 Å². The summed E-state index contributed by atoms with van der Waals surface area (Å²) in [6.07, 6.45) is 1.93. The molecule has 0 fully saturated rings. The lowest BCUT2D eigenvalue weighted by Crippen LogP contribution is -2.13. The molecule has 0 amide bonds. The zero-order chi connectivity index (χ0) is 12.4. The standard InChI is InChI=1S/C13H16BrN3/c1-9(15-3)11-8-16-17(10(11)2)13-7-5-4-6-12(13)14/h4-9,15H,1-3H3. The first-order valence-electron chi connectivity index (χ1n) is 5.62. The Kier molecular flexibility index (Phi) is 3.64. The molecule has 1 aromatic heterocycles. The van der Waals surface area contributed by atoms with Crippen molar-refractivity contribution in [3.63, 3.8) is 0 Å². The average molecular weight is 294 g/mol. The van der Waals surface area contributed by atoms with Crippen LogP contribution in [0, 0.1) is 6.92 Å². The van der Waals surface area contributed by atoms with Gasteiger partial charge in [0, 0.05) is 21.8 Å². The number of nitrogens with one attached hydrogen (secondary N) is 1. The van der Waals surface area contributed by atoms with Gasteiger partial charge in [-0.3, -0.25) is 0 Å². The van der Waals surface area contributed by atoms with Gasteiger partial charge in [-0.2, -0.15) is 5.10 Å². The summed E-state index contributed by atoms with van der Waals surface area (Å²) in [5.74, 6) is 0. The zero-order valence-electron chi connectivity index (χ0n) is 10.2. The number of hydrogen-bond acceptors (Lipinski definition) is 2. The maximum Gasteiger partial charge on any atom is 0.0790 e. The average Bonchev–Trinajstić information content (AvgIpc) is 2.71. The van der Waals surface area contributed by atoms with Crippen molar-refractivity contribution in [2.75, 3.05) is 7.05 Å². The molecular weight excluding hydrogens is 278 g/mol. The fourth-order valence-electron chi connectivity index (χ4n) is 1.87. The van der Waals surface area contributed by atoms with Gasteiger partial charge in [0.25, 0.3) is 0 Å². The molecule has 0 radical (unpaired) electrons. The van der Waals surface area contributed by atoms with E-state index in [-0.39, 0.29) is 0 Å². The smallest absolute Gasteiger partial charge is 0.0790 e. The monoisotopic (exact) mass is 293 g/mol. The second kappa shape index (κ2) is 5.02. The van der Waals surface area contributed by atoms with Crippen LogP contribution in [0.1, 0.15) is 24.2 Å². The van der Waals surface area contributed by atoms with Crippen LogP contribution in [0.25, 0.3) is 5.69 Å². The molecule has 17 heavy (non-hydrogen) atoms. The van der Waals surface area contributed by atoms with Gasteiger partial charge in [0.1, 0.15) is 0 Å². The molecule has 0 saturated heterocycles. The molecule has 1 aromatic carbocycles. The maximum atomic E-state index is 4.46. The van der Waals surface area contributed by atoms with Gasteiger partial charge in [-0.25, -0.2) is 4.68 Å². The lowest BCUT2D eigenvalue weighted by atomic mass is 10.1. The summed E-state index contributed by atoms with van der Waals surface area (Å²) in [5.41, 5.74) is 3.46. The van der Waals surface area contributed by atoms with Crippen LogP contribution < -0.4 is 5.32 Å². The van der Waals surface area contributed by atoms with Crippen molar-refractivity contribution >= 4 is 15.9 Å². The zero-order valence-corrected chi connectivity index (χ0v) is 11.8. The first-order valence-corrected chi connectivity index (χ1v) is 6.41. The third-order valence-electron chi connectivity index (χ3n) is 3.03. The number of nitrogens with zero attached hydrogens (tertiary/aromatic N) is 2. The lowest BCUT2D eigenvalue weighted by molar-refractivity contribution is 0.647. The van der Waals surface area contributed by atoms with E-state index in [1.165, 1.54) is 11.3 Å². The minimum absolute atomic E-state index is 0.311. The highest BCUT2D eigenvalue weighted by Crippen LogP contribution is 2.24. The minimum atomic E-state index is 0.311. The van der Waals surface area contributed by atoms with E-state index in [0.717, 1.165) is 10.2 Å². The Morgan fingerprint density at radius 1 is 1.35 bits per heavy atom. The molecule has 0 bridgehead atoms. The number of hydrogen-bond donors (Lipinski definition) is 1. The first kappa shape index (κ1) is 12.3. The molecule has 1 atom stereocenters. The Hall–Kier alpha value is -1.13. The second-order valence-corrected chi connectivity index (χ2v) is 4.91. The van der Waals surface area contributed by atoms with Crippen LogP contribution in [0.5, 0.6) is 0 Å². The molecule has 0 aliphatic carbocycles.